The lowest BCUT2D eigenvalue weighted by atomic mass is 10.1. The lowest BCUT2D eigenvalue weighted by Gasteiger charge is -2.08. The Morgan fingerprint density at radius 3 is 2.78 bits per heavy atom. The van der Waals surface area contributed by atoms with Gasteiger partial charge in [-0.15, -0.1) is 0 Å². The summed E-state index contributed by atoms with van der Waals surface area (Å²) in [6, 6.07) is 7.21. The van der Waals surface area contributed by atoms with Crippen LogP contribution >= 0.6 is 0 Å². The summed E-state index contributed by atoms with van der Waals surface area (Å²) in [4.78, 5) is 16.3. The lowest BCUT2D eigenvalue weighted by Crippen LogP contribution is -2.17. The summed E-state index contributed by atoms with van der Waals surface area (Å²) in [5.41, 5.74) is 0.953. The molecule has 96 valence electrons. The molecule has 0 fully saturated rings. The number of esters is 1. The van der Waals surface area contributed by atoms with E-state index in [4.69, 9.17) is 9.47 Å². The van der Waals surface area contributed by atoms with E-state index in [2.05, 4.69) is 4.99 Å². The molecule has 0 bridgehead atoms. The van der Waals surface area contributed by atoms with Gasteiger partial charge in [-0.05, 0) is 32.9 Å². The SMILES string of the molecule is CCOC(=O)c1ccccc1C1=NC(C)(C)CO1. The minimum absolute atomic E-state index is 0.239. The summed E-state index contributed by atoms with van der Waals surface area (Å²) in [5.74, 6) is 0.174. The standard InChI is InChI=1S/C14H17NO3/c1-4-17-13(16)11-8-6-5-7-10(11)12-15-14(2,3)9-18-12/h5-8H,4,9H2,1-3H3. The number of ether oxygens (including phenoxy) is 2. The van der Waals surface area contributed by atoms with E-state index in [0.717, 1.165) is 0 Å². The molecule has 0 N–H and O–H groups in total. The first-order valence-electron chi connectivity index (χ1n) is 6.02. The van der Waals surface area contributed by atoms with Gasteiger partial charge in [0, 0.05) is 0 Å². The zero-order valence-electron chi connectivity index (χ0n) is 10.9. The number of carbonyl (C=O) groups is 1. The summed E-state index contributed by atoms with van der Waals surface area (Å²) in [7, 11) is 0. The van der Waals surface area contributed by atoms with Crippen molar-refractivity contribution in [3.63, 3.8) is 0 Å². The maximum absolute atomic E-state index is 11.9. The van der Waals surface area contributed by atoms with Crippen LogP contribution in [-0.4, -0.2) is 30.6 Å². The normalized spacial score (nSPS) is 16.9. The Bertz CT molecular complexity index is 492. The predicted octanol–water partition coefficient (Wildman–Crippen LogP) is 2.42. The topological polar surface area (TPSA) is 47.9 Å². The van der Waals surface area contributed by atoms with Gasteiger partial charge in [0.15, 0.2) is 0 Å². The molecule has 1 aromatic rings. The molecule has 2 rings (SSSR count). The molecule has 4 nitrogen and oxygen atoms in total. The summed E-state index contributed by atoms with van der Waals surface area (Å²) < 4.78 is 10.6. The molecule has 0 saturated carbocycles. The van der Waals surface area contributed by atoms with Gasteiger partial charge < -0.3 is 9.47 Å². The van der Waals surface area contributed by atoms with Gasteiger partial charge >= 0.3 is 5.97 Å². The van der Waals surface area contributed by atoms with Crippen LogP contribution in [0, 0.1) is 0 Å². The Labute approximate surface area is 107 Å². The maximum Gasteiger partial charge on any atom is 0.338 e. The molecule has 1 aliphatic rings. The number of nitrogens with zero attached hydrogens (tertiary/aromatic N) is 1. The van der Waals surface area contributed by atoms with E-state index in [1.807, 2.05) is 26.0 Å². The molecular weight excluding hydrogens is 230 g/mol. The van der Waals surface area contributed by atoms with Crippen molar-refractivity contribution in [1.82, 2.24) is 0 Å². The Hall–Kier alpha value is -1.84. The van der Waals surface area contributed by atoms with E-state index < -0.39 is 0 Å². The van der Waals surface area contributed by atoms with E-state index in [0.29, 0.717) is 30.2 Å². The van der Waals surface area contributed by atoms with E-state index in [-0.39, 0.29) is 11.5 Å². The molecular formula is C14H17NO3. The third kappa shape index (κ3) is 2.53. The average Bonchev–Trinajstić information content (AvgIpc) is 2.70. The van der Waals surface area contributed by atoms with Crippen LogP contribution in [0.3, 0.4) is 0 Å². The number of carbonyl (C=O) groups excluding carboxylic acids is 1. The highest BCUT2D eigenvalue weighted by Gasteiger charge is 2.29. The van der Waals surface area contributed by atoms with Crippen LogP contribution in [-0.2, 0) is 9.47 Å². The fraction of sp³-hybridized carbons (Fsp3) is 0.429. The Balaban J connectivity index is 2.37. The minimum atomic E-state index is -0.343. The van der Waals surface area contributed by atoms with E-state index >= 15 is 0 Å². The first-order chi connectivity index (χ1) is 8.53. The second-order valence-corrected chi connectivity index (χ2v) is 4.78. The summed E-state index contributed by atoms with van der Waals surface area (Å²) in [6.45, 7) is 6.65. The largest absolute Gasteiger partial charge is 0.475 e. The Morgan fingerprint density at radius 1 is 1.44 bits per heavy atom. The third-order valence-corrected chi connectivity index (χ3v) is 2.62. The molecule has 0 unspecified atom stereocenters. The van der Waals surface area contributed by atoms with Crippen LogP contribution in [0.1, 0.15) is 36.7 Å². The zero-order chi connectivity index (χ0) is 13.2. The fourth-order valence-corrected chi connectivity index (χ4v) is 1.78. The first kappa shape index (κ1) is 12.6. The van der Waals surface area contributed by atoms with Crippen molar-refractivity contribution in [3.05, 3.63) is 35.4 Å². The maximum atomic E-state index is 11.9. The molecule has 0 aliphatic carbocycles. The van der Waals surface area contributed by atoms with Gasteiger partial charge in [-0.1, -0.05) is 12.1 Å². The molecule has 1 aromatic carbocycles. The van der Waals surface area contributed by atoms with Crippen molar-refractivity contribution >= 4 is 11.9 Å². The highest BCUT2D eigenvalue weighted by Crippen LogP contribution is 2.22. The molecule has 0 spiro atoms. The van der Waals surface area contributed by atoms with Crippen LogP contribution in [0.4, 0.5) is 0 Å². The van der Waals surface area contributed by atoms with Gasteiger partial charge in [-0.2, -0.15) is 0 Å². The monoisotopic (exact) mass is 247 g/mol. The second-order valence-electron chi connectivity index (χ2n) is 4.78. The molecule has 0 atom stereocenters. The second kappa shape index (κ2) is 4.80. The number of hydrogen-bond donors (Lipinski definition) is 0. The molecule has 0 amide bonds. The summed E-state index contributed by atoms with van der Waals surface area (Å²) >= 11 is 0. The number of hydrogen-bond acceptors (Lipinski definition) is 4. The van der Waals surface area contributed by atoms with Crippen LogP contribution in [0.15, 0.2) is 29.3 Å². The number of benzene rings is 1. The molecule has 0 saturated heterocycles. The Kier molecular flexibility index (Phi) is 3.36. The highest BCUT2D eigenvalue weighted by molar-refractivity contribution is 6.05. The van der Waals surface area contributed by atoms with Gasteiger partial charge in [-0.3, -0.25) is 0 Å². The molecule has 0 radical (unpaired) electrons. The smallest absolute Gasteiger partial charge is 0.338 e. The van der Waals surface area contributed by atoms with Crippen LogP contribution in [0.2, 0.25) is 0 Å². The van der Waals surface area contributed by atoms with Crippen molar-refractivity contribution in [1.29, 1.82) is 0 Å². The summed E-state index contributed by atoms with van der Waals surface area (Å²) in [5, 5.41) is 0. The van der Waals surface area contributed by atoms with E-state index in [1.54, 1.807) is 19.1 Å². The van der Waals surface area contributed by atoms with Crippen LogP contribution in [0.5, 0.6) is 0 Å². The van der Waals surface area contributed by atoms with Gasteiger partial charge in [0.2, 0.25) is 5.90 Å². The van der Waals surface area contributed by atoms with Crippen molar-refractivity contribution in [2.24, 2.45) is 4.99 Å². The van der Waals surface area contributed by atoms with Gasteiger partial charge in [0.25, 0.3) is 0 Å². The molecule has 1 heterocycles. The van der Waals surface area contributed by atoms with Crippen LogP contribution in [0.25, 0.3) is 0 Å². The van der Waals surface area contributed by atoms with Gasteiger partial charge in [0.1, 0.15) is 6.61 Å². The third-order valence-electron chi connectivity index (χ3n) is 2.62. The van der Waals surface area contributed by atoms with Crippen LogP contribution < -0.4 is 0 Å². The van der Waals surface area contributed by atoms with Crippen molar-refractivity contribution < 1.29 is 14.3 Å². The highest BCUT2D eigenvalue weighted by atomic mass is 16.5. The number of rotatable bonds is 3. The van der Waals surface area contributed by atoms with Gasteiger partial charge in [0.05, 0.1) is 23.3 Å². The predicted molar refractivity (Wildman–Crippen MR) is 69.0 cm³/mol. The van der Waals surface area contributed by atoms with Crippen molar-refractivity contribution in [3.8, 4) is 0 Å². The molecule has 0 aromatic heterocycles. The zero-order valence-corrected chi connectivity index (χ0v) is 10.9. The Morgan fingerprint density at radius 2 is 2.17 bits per heavy atom. The van der Waals surface area contributed by atoms with E-state index in [1.165, 1.54) is 0 Å². The van der Waals surface area contributed by atoms with E-state index in [9.17, 15) is 4.79 Å². The fourth-order valence-electron chi connectivity index (χ4n) is 1.78. The molecule has 18 heavy (non-hydrogen) atoms. The first-order valence-corrected chi connectivity index (χ1v) is 6.02. The summed E-state index contributed by atoms with van der Waals surface area (Å²) in [6.07, 6.45) is 0. The van der Waals surface area contributed by atoms with Gasteiger partial charge in [-0.25, -0.2) is 9.79 Å². The lowest BCUT2D eigenvalue weighted by molar-refractivity contribution is 0.0526. The number of aliphatic imine (C=N–C) groups is 1. The minimum Gasteiger partial charge on any atom is -0.475 e. The van der Waals surface area contributed by atoms with Crippen molar-refractivity contribution in [2.75, 3.05) is 13.2 Å². The quantitative estimate of drug-likeness (QED) is 0.771. The molecule has 4 heteroatoms. The van der Waals surface area contributed by atoms with Crippen molar-refractivity contribution in [2.45, 2.75) is 26.3 Å². The molecule has 1 aliphatic heterocycles. The average molecular weight is 247 g/mol.